The lowest BCUT2D eigenvalue weighted by molar-refractivity contribution is -0.885. The third-order valence-corrected chi connectivity index (χ3v) is 6.68. The molecule has 0 saturated heterocycles. The molecule has 2 aromatic rings. The molecule has 0 aliphatic carbocycles. The van der Waals surface area contributed by atoms with E-state index >= 15 is 0 Å². The summed E-state index contributed by atoms with van der Waals surface area (Å²) in [4.78, 5) is 13.4. The van der Waals surface area contributed by atoms with Gasteiger partial charge < -0.3 is 10.2 Å². The van der Waals surface area contributed by atoms with Gasteiger partial charge in [0.1, 0.15) is 12.4 Å². The lowest BCUT2D eigenvalue weighted by Gasteiger charge is -2.18. The largest absolute Gasteiger partial charge is 0.347 e. The fraction of sp³-hybridized carbons (Fsp3) is 0.381. The van der Waals surface area contributed by atoms with Crippen molar-refractivity contribution in [2.75, 3.05) is 26.7 Å². The van der Waals surface area contributed by atoms with E-state index in [1.807, 2.05) is 13.1 Å². The second-order valence-electron chi connectivity index (χ2n) is 6.95. The van der Waals surface area contributed by atoms with E-state index in [1.54, 1.807) is 44.2 Å². The summed E-state index contributed by atoms with van der Waals surface area (Å²) in [5.41, 5.74) is 1.65. The molecule has 1 unspecified atom stereocenters. The highest BCUT2D eigenvalue weighted by Gasteiger charge is 2.21. The molecule has 2 aromatic carbocycles. The van der Waals surface area contributed by atoms with Gasteiger partial charge in [-0.1, -0.05) is 38.1 Å². The Labute approximate surface area is 172 Å². The molecule has 0 bridgehead atoms. The number of hydrogen-bond donors (Lipinski definition) is 2. The van der Waals surface area contributed by atoms with E-state index in [9.17, 15) is 17.6 Å². The minimum Gasteiger partial charge on any atom is -0.347 e. The van der Waals surface area contributed by atoms with E-state index in [0.29, 0.717) is 26.2 Å². The maximum atomic E-state index is 13.2. The van der Waals surface area contributed by atoms with Gasteiger partial charge in [0.25, 0.3) is 5.91 Å². The topological polar surface area (TPSA) is 70.9 Å². The molecule has 0 aliphatic rings. The number of amides is 1. The van der Waals surface area contributed by atoms with Gasteiger partial charge >= 0.3 is 0 Å². The van der Waals surface area contributed by atoms with Crippen LogP contribution < -0.4 is 10.2 Å². The maximum Gasteiger partial charge on any atom is 0.275 e. The number of nitrogens with one attached hydrogen (secondary N) is 2. The van der Waals surface area contributed by atoms with Gasteiger partial charge in [-0.25, -0.2) is 12.8 Å². The summed E-state index contributed by atoms with van der Waals surface area (Å²) < 4.78 is 39.6. The van der Waals surface area contributed by atoms with E-state index in [0.717, 1.165) is 16.0 Å². The van der Waals surface area contributed by atoms with Crippen LogP contribution in [0.5, 0.6) is 0 Å². The van der Waals surface area contributed by atoms with Crippen LogP contribution in [-0.4, -0.2) is 45.3 Å². The van der Waals surface area contributed by atoms with Crippen LogP contribution >= 0.6 is 0 Å². The molecule has 1 atom stereocenters. The molecule has 29 heavy (non-hydrogen) atoms. The number of halogens is 1. The van der Waals surface area contributed by atoms with Crippen LogP contribution in [0.15, 0.2) is 53.4 Å². The summed E-state index contributed by atoms with van der Waals surface area (Å²) >= 11 is 0. The predicted molar refractivity (Wildman–Crippen MR) is 110 cm³/mol. The van der Waals surface area contributed by atoms with Crippen LogP contribution in [0.1, 0.15) is 25.0 Å². The molecule has 2 rings (SSSR count). The molecule has 158 valence electrons. The Balaban J connectivity index is 1.87. The van der Waals surface area contributed by atoms with Crippen molar-refractivity contribution in [3.05, 3.63) is 65.5 Å². The van der Waals surface area contributed by atoms with Crippen molar-refractivity contribution in [3.8, 4) is 0 Å². The van der Waals surface area contributed by atoms with E-state index in [1.165, 1.54) is 16.4 Å². The van der Waals surface area contributed by atoms with Gasteiger partial charge in [-0.05, 0) is 29.8 Å². The fourth-order valence-electron chi connectivity index (χ4n) is 3.09. The lowest BCUT2D eigenvalue weighted by Crippen LogP contribution is -3.08. The normalized spacial score (nSPS) is 12.7. The molecule has 0 heterocycles. The van der Waals surface area contributed by atoms with Crippen LogP contribution in [0.4, 0.5) is 4.39 Å². The molecule has 2 N–H and O–H groups in total. The van der Waals surface area contributed by atoms with Crippen LogP contribution in [0, 0.1) is 5.82 Å². The third kappa shape index (κ3) is 6.62. The first-order valence-corrected chi connectivity index (χ1v) is 11.1. The van der Waals surface area contributed by atoms with E-state index in [-0.39, 0.29) is 23.2 Å². The first-order valence-electron chi connectivity index (χ1n) is 9.67. The summed E-state index contributed by atoms with van der Waals surface area (Å²) in [6.45, 7) is 5.56. The van der Waals surface area contributed by atoms with Gasteiger partial charge in [0.15, 0.2) is 6.54 Å². The van der Waals surface area contributed by atoms with Crippen molar-refractivity contribution in [2.45, 2.75) is 31.8 Å². The van der Waals surface area contributed by atoms with Crippen molar-refractivity contribution in [3.63, 3.8) is 0 Å². The zero-order valence-electron chi connectivity index (χ0n) is 17.1. The van der Waals surface area contributed by atoms with E-state index in [4.69, 9.17) is 0 Å². The van der Waals surface area contributed by atoms with Gasteiger partial charge in [0, 0.05) is 25.2 Å². The van der Waals surface area contributed by atoms with E-state index in [2.05, 4.69) is 5.32 Å². The fourth-order valence-corrected chi connectivity index (χ4v) is 4.54. The number of carbonyl (C=O) groups is 1. The van der Waals surface area contributed by atoms with Crippen LogP contribution in [0.3, 0.4) is 0 Å². The molecule has 0 radical (unpaired) electrons. The molecule has 0 spiro atoms. The summed E-state index contributed by atoms with van der Waals surface area (Å²) in [6, 6.07) is 12.9. The number of carbonyl (C=O) groups excluding carboxylic acids is 1. The first kappa shape index (κ1) is 23.0. The van der Waals surface area contributed by atoms with Crippen molar-refractivity contribution >= 4 is 15.9 Å². The average Bonchev–Trinajstić information content (AvgIpc) is 2.67. The highest BCUT2D eigenvalue weighted by Crippen LogP contribution is 2.16. The Kier molecular flexibility index (Phi) is 8.31. The Hall–Kier alpha value is -2.29. The maximum absolute atomic E-state index is 13.2. The Morgan fingerprint density at radius 1 is 1.07 bits per heavy atom. The number of benzene rings is 2. The monoisotopic (exact) mass is 422 g/mol. The van der Waals surface area contributed by atoms with Gasteiger partial charge in [-0.15, -0.1) is 0 Å². The predicted octanol–water partition coefficient (Wildman–Crippen LogP) is 1.19. The zero-order chi connectivity index (χ0) is 21.4. The molecular formula is C21H29FN3O3S+. The first-order chi connectivity index (χ1) is 13.8. The number of quaternary nitrogens is 1. The van der Waals surface area contributed by atoms with Gasteiger partial charge in [-0.3, -0.25) is 4.79 Å². The molecule has 8 heteroatoms. The van der Waals surface area contributed by atoms with Crippen LogP contribution in [0.2, 0.25) is 0 Å². The average molecular weight is 423 g/mol. The summed E-state index contributed by atoms with van der Waals surface area (Å²) in [5, 5.41) is 2.84. The van der Waals surface area contributed by atoms with Crippen molar-refractivity contribution < 1.29 is 22.5 Å². The van der Waals surface area contributed by atoms with Gasteiger partial charge in [0.05, 0.1) is 11.9 Å². The quantitative estimate of drug-likeness (QED) is 0.604. The highest BCUT2D eigenvalue weighted by atomic mass is 32.2. The second kappa shape index (κ2) is 10.5. The standard InChI is InChI=1S/C21H28FN3O3S/c1-4-25(5-2)29(27,28)20-11-9-17(10-12-20)14-23-21(26)16-24(3)15-18-7-6-8-19(22)13-18/h6-13H,4-5,14-16H2,1-3H3,(H,23,26)/p+1. The molecule has 0 saturated carbocycles. The smallest absolute Gasteiger partial charge is 0.275 e. The number of nitrogens with zero attached hydrogens (tertiary/aromatic N) is 1. The minimum absolute atomic E-state index is 0.126. The van der Waals surface area contributed by atoms with E-state index < -0.39 is 10.0 Å². The second-order valence-corrected chi connectivity index (χ2v) is 8.89. The highest BCUT2D eigenvalue weighted by molar-refractivity contribution is 7.89. The lowest BCUT2D eigenvalue weighted by atomic mass is 10.2. The minimum atomic E-state index is -3.48. The summed E-state index contributed by atoms with van der Waals surface area (Å²) in [6.07, 6.45) is 0. The Bertz CT molecular complexity index is 913. The van der Waals surface area contributed by atoms with Gasteiger partial charge in [-0.2, -0.15) is 4.31 Å². The molecule has 0 aliphatic heterocycles. The SMILES string of the molecule is CCN(CC)S(=O)(=O)c1ccc(CNC(=O)C[NH+](C)Cc2cccc(F)c2)cc1. The third-order valence-electron chi connectivity index (χ3n) is 4.61. The number of likely N-dealkylation sites (N-methyl/N-ethyl adjacent to an activating group) is 1. The zero-order valence-corrected chi connectivity index (χ0v) is 17.9. The summed E-state index contributed by atoms with van der Waals surface area (Å²) in [5.74, 6) is -0.412. The van der Waals surface area contributed by atoms with Crippen LogP contribution in [0.25, 0.3) is 0 Å². The number of hydrogen-bond acceptors (Lipinski definition) is 3. The Morgan fingerprint density at radius 2 is 1.72 bits per heavy atom. The molecule has 0 fully saturated rings. The van der Waals surface area contributed by atoms with Crippen LogP contribution in [-0.2, 0) is 27.9 Å². The molecular weight excluding hydrogens is 393 g/mol. The Morgan fingerprint density at radius 3 is 2.31 bits per heavy atom. The van der Waals surface area contributed by atoms with Crippen molar-refractivity contribution in [1.82, 2.24) is 9.62 Å². The number of rotatable bonds is 10. The van der Waals surface area contributed by atoms with Gasteiger partial charge in [0.2, 0.25) is 10.0 Å². The molecule has 1 amide bonds. The number of sulfonamides is 1. The molecule has 0 aromatic heterocycles. The molecule has 6 nitrogen and oxygen atoms in total. The van der Waals surface area contributed by atoms with Crippen molar-refractivity contribution in [1.29, 1.82) is 0 Å². The van der Waals surface area contributed by atoms with Crippen molar-refractivity contribution in [2.24, 2.45) is 0 Å². The summed E-state index contributed by atoms with van der Waals surface area (Å²) in [7, 11) is -1.61.